The van der Waals surface area contributed by atoms with Gasteiger partial charge in [0.2, 0.25) is 5.91 Å². The molecule has 0 spiro atoms. The normalized spacial score (nSPS) is 27.1. The average molecular weight is 273 g/mol. The van der Waals surface area contributed by atoms with E-state index in [0.29, 0.717) is 12.0 Å². The van der Waals surface area contributed by atoms with Gasteiger partial charge in [0, 0.05) is 0 Å². The second-order valence-electron chi connectivity index (χ2n) is 5.00. The molecule has 1 amide bonds. The third kappa shape index (κ3) is 4.26. The Balaban J connectivity index is 0.000000771. The molecular weight excluding hydrogens is 250 g/mol. The lowest BCUT2D eigenvalue weighted by atomic mass is 9.96. The molecule has 2 aliphatic rings. The largest absolute Gasteiger partial charge is 0.320 e. The van der Waals surface area contributed by atoms with Gasteiger partial charge in [-0.3, -0.25) is 9.79 Å². The number of aliphatic imine (C=N–C) groups is 1. The molecule has 2 rings (SSSR count). The molecule has 6 heteroatoms. The van der Waals surface area contributed by atoms with E-state index in [2.05, 4.69) is 30.1 Å². The molecule has 0 aromatic rings. The van der Waals surface area contributed by atoms with E-state index in [1.807, 2.05) is 0 Å². The van der Waals surface area contributed by atoms with Crippen molar-refractivity contribution in [3.8, 4) is 0 Å². The maximum absolute atomic E-state index is 11.7. The van der Waals surface area contributed by atoms with Crippen molar-refractivity contribution in [2.75, 3.05) is 0 Å². The number of amidine groups is 1. The topological polar surface area (TPSA) is 87.7 Å². The van der Waals surface area contributed by atoms with Crippen LogP contribution in [0.2, 0.25) is 0 Å². The number of hydrogen-bond acceptors (Lipinski definition) is 5. The first kappa shape index (κ1) is 15.5. The Labute approximate surface area is 113 Å². The third-order valence-corrected chi connectivity index (χ3v) is 4.65. The second kappa shape index (κ2) is 7.76. The highest BCUT2D eigenvalue weighted by Gasteiger charge is 2.32. The lowest BCUT2D eigenvalue weighted by Crippen LogP contribution is -2.28. The maximum Gasteiger partial charge on any atom is 0.239 e. The van der Waals surface area contributed by atoms with Gasteiger partial charge in [-0.25, -0.2) is 5.90 Å². The highest BCUT2D eigenvalue weighted by Crippen LogP contribution is 2.28. The van der Waals surface area contributed by atoms with Gasteiger partial charge in [0.1, 0.15) is 0 Å². The van der Waals surface area contributed by atoms with Crippen molar-refractivity contribution in [3.05, 3.63) is 0 Å². The smallest absolute Gasteiger partial charge is 0.239 e. The predicted octanol–water partition coefficient (Wildman–Crippen LogP) is 1.90. The van der Waals surface area contributed by atoms with E-state index in [1.54, 1.807) is 11.8 Å². The molecule has 1 aliphatic carbocycles. The first-order valence-corrected chi connectivity index (χ1v) is 7.36. The van der Waals surface area contributed by atoms with Gasteiger partial charge >= 0.3 is 0 Å². The molecule has 1 saturated heterocycles. The van der Waals surface area contributed by atoms with E-state index in [1.165, 1.54) is 32.1 Å². The van der Waals surface area contributed by atoms with E-state index >= 15 is 0 Å². The van der Waals surface area contributed by atoms with Gasteiger partial charge in [0.05, 0.1) is 11.3 Å². The molecule has 0 aromatic carbocycles. The van der Waals surface area contributed by atoms with Crippen molar-refractivity contribution < 1.29 is 10.0 Å². The fourth-order valence-corrected chi connectivity index (χ4v) is 3.31. The molecule has 5 nitrogen and oxygen atoms in total. The van der Waals surface area contributed by atoms with Crippen LogP contribution in [0.3, 0.4) is 0 Å². The van der Waals surface area contributed by atoms with Gasteiger partial charge in [0.25, 0.3) is 0 Å². The Hall–Kier alpha value is -0.590. The molecule has 2 fully saturated rings. The molecule has 18 heavy (non-hydrogen) atoms. The Morgan fingerprint density at radius 3 is 2.44 bits per heavy atom. The number of rotatable bonds is 2. The molecule has 0 bridgehead atoms. The van der Waals surface area contributed by atoms with Gasteiger partial charge in [-0.05, 0) is 18.8 Å². The average Bonchev–Trinajstić information content (AvgIpc) is 2.74. The Morgan fingerprint density at radius 2 is 1.94 bits per heavy atom. The first-order valence-electron chi connectivity index (χ1n) is 6.48. The quantitative estimate of drug-likeness (QED) is 0.670. The lowest BCUT2D eigenvalue weighted by Gasteiger charge is -2.17. The first-order chi connectivity index (χ1) is 8.66. The predicted molar refractivity (Wildman–Crippen MR) is 74.6 cm³/mol. The van der Waals surface area contributed by atoms with Crippen LogP contribution in [0.15, 0.2) is 4.99 Å². The van der Waals surface area contributed by atoms with Crippen LogP contribution in [0.5, 0.6) is 0 Å². The van der Waals surface area contributed by atoms with E-state index < -0.39 is 0 Å². The fraction of sp³-hybridized carbons (Fsp3) is 0.833. The van der Waals surface area contributed by atoms with E-state index in [0.717, 1.165) is 5.17 Å². The summed E-state index contributed by atoms with van der Waals surface area (Å²) in [7, 11) is 0. The second-order valence-corrected chi connectivity index (χ2v) is 6.13. The summed E-state index contributed by atoms with van der Waals surface area (Å²) in [6.45, 7) is 4.17. The highest BCUT2D eigenvalue weighted by molar-refractivity contribution is 8.15. The summed E-state index contributed by atoms with van der Waals surface area (Å²) >= 11 is 1.61. The zero-order chi connectivity index (χ0) is 13.5. The van der Waals surface area contributed by atoms with E-state index in [4.69, 9.17) is 5.21 Å². The van der Waals surface area contributed by atoms with Crippen LogP contribution < -0.4 is 11.2 Å². The van der Waals surface area contributed by atoms with Crippen LogP contribution in [0.25, 0.3) is 0 Å². The van der Waals surface area contributed by atoms with Crippen LogP contribution in [0.1, 0.15) is 46.0 Å². The van der Waals surface area contributed by atoms with Gasteiger partial charge < -0.3 is 10.5 Å². The third-order valence-electron chi connectivity index (χ3n) is 3.21. The summed E-state index contributed by atoms with van der Waals surface area (Å²) in [5.41, 5.74) is 0. The summed E-state index contributed by atoms with van der Waals surface area (Å²) in [5.74, 6) is 4.01. The van der Waals surface area contributed by atoms with Crippen molar-refractivity contribution in [1.82, 2.24) is 5.32 Å². The standard InChI is InChI=1S/C12H20N2OS.H3NO/c1-8(2)10-11(15)14-12(16-10)13-9-6-4-3-5-7-9;1-2/h8-10H,3-7H2,1-2H3,(H,13,14,15);2H,1H2. The van der Waals surface area contributed by atoms with Crippen molar-refractivity contribution in [1.29, 1.82) is 0 Å². The monoisotopic (exact) mass is 273 g/mol. The number of carbonyl (C=O) groups is 1. The molecule has 1 atom stereocenters. The SMILES string of the molecule is CC(C)C1SC(=NC2CCCCC2)NC1=O.NO. The molecular formula is C12H23N3O2S. The maximum atomic E-state index is 11.7. The van der Waals surface area contributed by atoms with Gasteiger partial charge in [-0.2, -0.15) is 0 Å². The van der Waals surface area contributed by atoms with Crippen LogP contribution in [0, 0.1) is 5.92 Å². The zero-order valence-corrected chi connectivity index (χ0v) is 11.9. The summed E-state index contributed by atoms with van der Waals surface area (Å²) in [6, 6.07) is 0.447. The minimum atomic E-state index is 0.0577. The Morgan fingerprint density at radius 1 is 1.33 bits per heavy atom. The number of carbonyl (C=O) groups excluding carboxylic acids is 1. The molecule has 104 valence electrons. The van der Waals surface area contributed by atoms with Crippen LogP contribution in [-0.2, 0) is 4.79 Å². The molecule has 0 radical (unpaired) electrons. The van der Waals surface area contributed by atoms with E-state index in [9.17, 15) is 4.79 Å². The lowest BCUT2D eigenvalue weighted by molar-refractivity contribution is -0.119. The molecule has 0 aromatic heterocycles. The number of amides is 1. The summed E-state index contributed by atoms with van der Waals surface area (Å²) in [4.78, 5) is 16.3. The molecule has 1 saturated carbocycles. The van der Waals surface area contributed by atoms with Crippen molar-refractivity contribution in [2.45, 2.75) is 57.2 Å². The minimum absolute atomic E-state index is 0.0577. The zero-order valence-electron chi connectivity index (χ0n) is 11.1. The van der Waals surface area contributed by atoms with Gasteiger partial charge in [-0.1, -0.05) is 44.9 Å². The Kier molecular flexibility index (Phi) is 6.67. The summed E-state index contributed by atoms with van der Waals surface area (Å²) in [5, 5.41) is 10.3. The van der Waals surface area contributed by atoms with Crippen molar-refractivity contribution >= 4 is 22.8 Å². The van der Waals surface area contributed by atoms with Gasteiger partial charge in [0.15, 0.2) is 5.17 Å². The van der Waals surface area contributed by atoms with Crippen LogP contribution >= 0.6 is 11.8 Å². The summed E-state index contributed by atoms with van der Waals surface area (Å²) in [6.07, 6.45) is 6.29. The van der Waals surface area contributed by atoms with Crippen LogP contribution in [-0.4, -0.2) is 27.6 Å². The van der Waals surface area contributed by atoms with Crippen molar-refractivity contribution in [2.24, 2.45) is 16.8 Å². The number of hydrogen-bond donors (Lipinski definition) is 3. The number of thioether (sulfide) groups is 1. The van der Waals surface area contributed by atoms with Crippen molar-refractivity contribution in [3.63, 3.8) is 0 Å². The highest BCUT2D eigenvalue weighted by atomic mass is 32.2. The van der Waals surface area contributed by atoms with E-state index in [-0.39, 0.29) is 11.2 Å². The molecule has 1 heterocycles. The molecule has 4 N–H and O–H groups in total. The van der Waals surface area contributed by atoms with Gasteiger partial charge in [-0.15, -0.1) is 0 Å². The number of nitrogens with zero attached hydrogens (tertiary/aromatic N) is 1. The Bertz CT molecular complexity index is 302. The van der Waals surface area contributed by atoms with Crippen LogP contribution in [0.4, 0.5) is 0 Å². The number of nitrogens with one attached hydrogen (secondary N) is 1. The fourth-order valence-electron chi connectivity index (χ4n) is 2.26. The summed E-state index contributed by atoms with van der Waals surface area (Å²) < 4.78 is 0. The minimum Gasteiger partial charge on any atom is -0.320 e. The molecule has 1 aliphatic heterocycles. The number of nitrogens with two attached hydrogens (primary N) is 1. The molecule has 1 unspecified atom stereocenters.